The van der Waals surface area contributed by atoms with Crippen molar-refractivity contribution >= 4 is 29.1 Å². The number of hydrogen-bond donors (Lipinski definition) is 2. The van der Waals surface area contributed by atoms with E-state index in [4.69, 9.17) is 11.6 Å². The molecule has 0 saturated heterocycles. The minimum absolute atomic E-state index is 0.0949. The number of rotatable bonds is 5. The Hall–Kier alpha value is -2.10. The number of nitrogens with one attached hydrogen (secondary N) is 1. The van der Waals surface area contributed by atoms with Gasteiger partial charge in [-0.25, -0.2) is 0 Å². The van der Waals surface area contributed by atoms with E-state index in [1.54, 1.807) is 23.9 Å². The molecule has 0 unspecified atom stereocenters. The van der Waals surface area contributed by atoms with Crippen molar-refractivity contribution in [2.45, 2.75) is 23.3 Å². The first-order valence-corrected chi connectivity index (χ1v) is 8.86. The summed E-state index contributed by atoms with van der Waals surface area (Å²) in [4.78, 5) is 2.44. The summed E-state index contributed by atoms with van der Waals surface area (Å²) in [6.45, 7) is 2.78. The molecule has 2 nitrogen and oxygen atoms in total. The molecule has 0 radical (unpaired) electrons. The number of aryl methyl sites for hydroxylation is 1. The summed E-state index contributed by atoms with van der Waals surface area (Å²) >= 11 is 7.71. The number of phenolic OH excluding ortho intramolecular Hbond substituents is 1. The lowest BCUT2D eigenvalue weighted by molar-refractivity contribution is 0.475. The number of aromatic hydroxyl groups is 1. The topological polar surface area (TPSA) is 32.3 Å². The van der Waals surface area contributed by atoms with Crippen LogP contribution in [-0.2, 0) is 6.54 Å². The first-order valence-electron chi connectivity index (χ1n) is 7.66. The van der Waals surface area contributed by atoms with E-state index in [0.29, 0.717) is 11.6 Å². The van der Waals surface area contributed by atoms with Crippen LogP contribution in [0.1, 0.15) is 11.1 Å². The number of phenols is 1. The molecule has 0 heterocycles. The predicted molar refractivity (Wildman–Crippen MR) is 102 cm³/mol. The molecule has 0 aliphatic carbocycles. The van der Waals surface area contributed by atoms with Crippen molar-refractivity contribution in [1.82, 2.24) is 0 Å². The van der Waals surface area contributed by atoms with Crippen LogP contribution in [0.4, 0.5) is 5.69 Å². The second kappa shape index (κ2) is 7.65. The summed E-state index contributed by atoms with van der Waals surface area (Å²) in [7, 11) is 0. The number of halogens is 1. The third-order valence-corrected chi connectivity index (χ3v) is 5.08. The van der Waals surface area contributed by atoms with Gasteiger partial charge in [-0.05, 0) is 48.9 Å². The van der Waals surface area contributed by atoms with Crippen LogP contribution in [0.15, 0.2) is 76.5 Å². The molecule has 0 saturated carbocycles. The van der Waals surface area contributed by atoms with Gasteiger partial charge in [0.15, 0.2) is 0 Å². The molecule has 3 aromatic carbocycles. The molecule has 0 bridgehead atoms. The Labute approximate surface area is 151 Å². The first kappa shape index (κ1) is 16.7. The van der Waals surface area contributed by atoms with Crippen molar-refractivity contribution < 1.29 is 5.11 Å². The average molecular weight is 356 g/mol. The molecule has 24 heavy (non-hydrogen) atoms. The van der Waals surface area contributed by atoms with Gasteiger partial charge >= 0.3 is 0 Å². The molecule has 4 heteroatoms. The molecular formula is C20H18ClNOS. The van der Waals surface area contributed by atoms with Gasteiger partial charge in [-0.1, -0.05) is 59.3 Å². The van der Waals surface area contributed by atoms with Crippen LogP contribution < -0.4 is 5.32 Å². The number of benzene rings is 3. The Morgan fingerprint density at radius 3 is 2.50 bits per heavy atom. The normalized spacial score (nSPS) is 10.6. The lowest BCUT2D eigenvalue weighted by Crippen LogP contribution is -2.00. The lowest BCUT2D eigenvalue weighted by atomic mass is 10.2. The summed E-state index contributed by atoms with van der Waals surface area (Å²) in [6, 6.07) is 22.0. The Morgan fingerprint density at radius 1 is 1.00 bits per heavy atom. The zero-order valence-electron chi connectivity index (χ0n) is 13.3. The summed E-state index contributed by atoms with van der Waals surface area (Å²) < 4.78 is 0. The van der Waals surface area contributed by atoms with Gasteiger partial charge < -0.3 is 10.4 Å². The maximum atomic E-state index is 9.49. The molecule has 0 spiro atoms. The standard InChI is InChI=1S/C20H18ClNOS/c1-14-6-9-17(10-7-14)24-20-5-3-2-4-15(20)13-22-16-8-11-19(23)18(21)12-16/h2-12,22-23H,13H2,1H3. The fraction of sp³-hybridized carbons (Fsp3) is 0.100. The highest BCUT2D eigenvalue weighted by atomic mass is 35.5. The van der Waals surface area contributed by atoms with Crippen LogP contribution in [0.2, 0.25) is 5.02 Å². The van der Waals surface area contributed by atoms with E-state index in [2.05, 4.69) is 54.7 Å². The van der Waals surface area contributed by atoms with Crippen molar-refractivity contribution in [1.29, 1.82) is 0 Å². The fourth-order valence-electron chi connectivity index (χ4n) is 2.30. The molecule has 0 aliphatic rings. The van der Waals surface area contributed by atoms with Crippen molar-refractivity contribution in [3.63, 3.8) is 0 Å². The van der Waals surface area contributed by atoms with Crippen molar-refractivity contribution in [3.05, 3.63) is 82.9 Å². The highest BCUT2D eigenvalue weighted by molar-refractivity contribution is 7.99. The highest BCUT2D eigenvalue weighted by Gasteiger charge is 2.05. The third-order valence-electron chi connectivity index (χ3n) is 3.65. The molecule has 0 fully saturated rings. The SMILES string of the molecule is Cc1ccc(Sc2ccccc2CNc2ccc(O)c(Cl)c2)cc1. The summed E-state index contributed by atoms with van der Waals surface area (Å²) in [5.74, 6) is 0.0949. The van der Waals surface area contributed by atoms with Crippen molar-refractivity contribution in [2.75, 3.05) is 5.32 Å². The quantitative estimate of drug-likeness (QED) is 0.541. The molecule has 0 amide bonds. The molecule has 0 aromatic heterocycles. The van der Waals surface area contributed by atoms with Gasteiger partial charge in [0.25, 0.3) is 0 Å². The molecule has 3 rings (SSSR count). The van der Waals surface area contributed by atoms with Gasteiger partial charge in [0.05, 0.1) is 5.02 Å². The van der Waals surface area contributed by atoms with Gasteiger partial charge in [0.1, 0.15) is 5.75 Å². The zero-order chi connectivity index (χ0) is 16.9. The van der Waals surface area contributed by atoms with Crippen LogP contribution in [-0.4, -0.2) is 5.11 Å². The van der Waals surface area contributed by atoms with Gasteiger partial charge in [0, 0.05) is 22.0 Å². The summed E-state index contributed by atoms with van der Waals surface area (Å²) in [6.07, 6.45) is 0. The molecule has 2 N–H and O–H groups in total. The lowest BCUT2D eigenvalue weighted by Gasteiger charge is -2.12. The first-order chi connectivity index (χ1) is 11.6. The second-order valence-electron chi connectivity index (χ2n) is 5.54. The average Bonchev–Trinajstić information content (AvgIpc) is 2.59. The molecule has 0 atom stereocenters. The van der Waals surface area contributed by atoms with Crippen molar-refractivity contribution in [3.8, 4) is 5.75 Å². The van der Waals surface area contributed by atoms with Crippen molar-refractivity contribution in [2.24, 2.45) is 0 Å². The van der Waals surface area contributed by atoms with Crippen LogP contribution in [0.5, 0.6) is 5.75 Å². The number of hydrogen-bond acceptors (Lipinski definition) is 3. The fourth-order valence-corrected chi connectivity index (χ4v) is 3.42. The van der Waals surface area contributed by atoms with Gasteiger partial charge in [-0.15, -0.1) is 0 Å². The Kier molecular flexibility index (Phi) is 5.34. The Bertz CT molecular complexity index is 833. The summed E-state index contributed by atoms with van der Waals surface area (Å²) in [5, 5.41) is 13.2. The van der Waals surface area contributed by atoms with E-state index in [0.717, 1.165) is 5.69 Å². The van der Waals surface area contributed by atoms with Crippen LogP contribution in [0.25, 0.3) is 0 Å². The van der Waals surface area contributed by atoms with Gasteiger partial charge in [-0.3, -0.25) is 0 Å². The van der Waals surface area contributed by atoms with Crippen LogP contribution in [0.3, 0.4) is 0 Å². The Morgan fingerprint density at radius 2 is 1.75 bits per heavy atom. The predicted octanol–water partition coefficient (Wildman–Crippen LogP) is 6.12. The van der Waals surface area contributed by atoms with E-state index in [1.807, 2.05) is 12.1 Å². The van der Waals surface area contributed by atoms with E-state index >= 15 is 0 Å². The highest BCUT2D eigenvalue weighted by Crippen LogP contribution is 2.31. The van der Waals surface area contributed by atoms with E-state index in [1.165, 1.54) is 20.9 Å². The van der Waals surface area contributed by atoms with Gasteiger partial charge in [-0.2, -0.15) is 0 Å². The smallest absolute Gasteiger partial charge is 0.134 e. The number of anilines is 1. The monoisotopic (exact) mass is 355 g/mol. The Balaban J connectivity index is 1.74. The van der Waals surface area contributed by atoms with Crippen LogP contribution >= 0.6 is 23.4 Å². The van der Waals surface area contributed by atoms with E-state index < -0.39 is 0 Å². The van der Waals surface area contributed by atoms with Gasteiger partial charge in [0.2, 0.25) is 0 Å². The zero-order valence-corrected chi connectivity index (χ0v) is 14.9. The molecular weight excluding hydrogens is 338 g/mol. The molecule has 122 valence electrons. The van der Waals surface area contributed by atoms with E-state index in [-0.39, 0.29) is 5.75 Å². The maximum absolute atomic E-state index is 9.49. The molecule has 0 aliphatic heterocycles. The van der Waals surface area contributed by atoms with Crippen LogP contribution in [0, 0.1) is 6.92 Å². The minimum atomic E-state index is 0.0949. The third kappa shape index (κ3) is 4.25. The maximum Gasteiger partial charge on any atom is 0.134 e. The second-order valence-corrected chi connectivity index (χ2v) is 7.07. The minimum Gasteiger partial charge on any atom is -0.506 e. The van der Waals surface area contributed by atoms with E-state index in [9.17, 15) is 5.11 Å². The summed E-state index contributed by atoms with van der Waals surface area (Å²) in [5.41, 5.74) is 3.36. The molecule has 3 aromatic rings. The largest absolute Gasteiger partial charge is 0.506 e.